The number of nitrogens with zero attached hydrogens (tertiary/aromatic N) is 2. The molecular formula is C16H30N2OSi. The molecule has 114 valence electrons. The zero-order valence-electron chi connectivity index (χ0n) is 13.7. The minimum absolute atomic E-state index is 0.179. The Labute approximate surface area is 124 Å². The van der Waals surface area contributed by atoms with Crippen molar-refractivity contribution in [2.75, 3.05) is 0 Å². The van der Waals surface area contributed by atoms with Gasteiger partial charge in [-0.3, -0.25) is 0 Å². The molecule has 0 spiro atoms. The maximum absolute atomic E-state index is 6.75. The Morgan fingerprint density at radius 1 is 1.20 bits per heavy atom. The third-order valence-corrected chi connectivity index (χ3v) is 9.54. The molecule has 0 N–H and O–H groups in total. The van der Waals surface area contributed by atoms with Crippen molar-refractivity contribution in [3.05, 3.63) is 18.7 Å². The molecule has 1 saturated carbocycles. The molecule has 1 aliphatic rings. The SMILES string of the molecule is CC(C)(C)[Si](C)(C)OC(C1CCCCC1)n1ccnc1. The monoisotopic (exact) mass is 294 g/mol. The van der Waals surface area contributed by atoms with Crippen LogP contribution in [0.15, 0.2) is 18.7 Å². The lowest BCUT2D eigenvalue weighted by Crippen LogP contribution is -2.44. The van der Waals surface area contributed by atoms with Crippen LogP contribution in [-0.4, -0.2) is 17.9 Å². The Morgan fingerprint density at radius 2 is 1.85 bits per heavy atom. The topological polar surface area (TPSA) is 27.1 Å². The van der Waals surface area contributed by atoms with Crippen LogP contribution in [-0.2, 0) is 4.43 Å². The van der Waals surface area contributed by atoms with Crippen LogP contribution in [0.3, 0.4) is 0 Å². The van der Waals surface area contributed by atoms with E-state index in [0.29, 0.717) is 5.92 Å². The van der Waals surface area contributed by atoms with E-state index in [1.807, 2.05) is 12.5 Å². The van der Waals surface area contributed by atoms with Crippen LogP contribution < -0.4 is 0 Å². The van der Waals surface area contributed by atoms with Gasteiger partial charge in [-0.05, 0) is 31.0 Å². The fraction of sp³-hybridized carbons (Fsp3) is 0.812. The first-order valence-electron chi connectivity index (χ1n) is 7.96. The number of rotatable bonds is 4. The highest BCUT2D eigenvalue weighted by atomic mass is 28.4. The molecule has 0 aliphatic heterocycles. The molecule has 0 aromatic carbocycles. The Hall–Kier alpha value is -0.613. The van der Waals surface area contributed by atoms with E-state index >= 15 is 0 Å². The van der Waals surface area contributed by atoms with Crippen LogP contribution in [0.25, 0.3) is 0 Å². The molecular weight excluding hydrogens is 264 g/mol. The van der Waals surface area contributed by atoms with Gasteiger partial charge in [0.15, 0.2) is 8.32 Å². The number of hydrogen-bond donors (Lipinski definition) is 0. The van der Waals surface area contributed by atoms with Crippen LogP contribution in [0.4, 0.5) is 0 Å². The van der Waals surface area contributed by atoms with Gasteiger partial charge in [-0.25, -0.2) is 4.98 Å². The molecule has 1 fully saturated rings. The normalized spacial score (nSPS) is 20.1. The van der Waals surface area contributed by atoms with Crippen LogP contribution in [0, 0.1) is 5.92 Å². The van der Waals surface area contributed by atoms with Crippen LogP contribution in [0.2, 0.25) is 18.1 Å². The van der Waals surface area contributed by atoms with Gasteiger partial charge in [0.05, 0.1) is 6.33 Å². The number of aromatic nitrogens is 2. The van der Waals surface area contributed by atoms with Crippen molar-refractivity contribution in [3.63, 3.8) is 0 Å². The minimum Gasteiger partial charge on any atom is -0.396 e. The third-order valence-electron chi connectivity index (χ3n) is 5.09. The molecule has 0 bridgehead atoms. The molecule has 0 saturated heterocycles. The summed E-state index contributed by atoms with van der Waals surface area (Å²) in [6.45, 7) is 11.6. The summed E-state index contributed by atoms with van der Waals surface area (Å²) in [7, 11) is -1.76. The summed E-state index contributed by atoms with van der Waals surface area (Å²) in [5, 5.41) is 0.250. The van der Waals surface area contributed by atoms with Gasteiger partial charge < -0.3 is 8.99 Å². The molecule has 3 nitrogen and oxygen atoms in total. The summed E-state index contributed by atoms with van der Waals surface area (Å²) in [6, 6.07) is 0. The molecule has 1 aromatic rings. The molecule has 1 heterocycles. The molecule has 1 aliphatic carbocycles. The molecule has 1 aromatic heterocycles. The molecule has 0 amide bonds. The van der Waals surface area contributed by atoms with E-state index in [-0.39, 0.29) is 11.3 Å². The van der Waals surface area contributed by atoms with Crippen molar-refractivity contribution in [1.82, 2.24) is 9.55 Å². The van der Waals surface area contributed by atoms with Gasteiger partial charge in [-0.15, -0.1) is 0 Å². The minimum atomic E-state index is -1.76. The predicted molar refractivity (Wildman–Crippen MR) is 86.1 cm³/mol. The highest BCUT2D eigenvalue weighted by Gasteiger charge is 2.41. The van der Waals surface area contributed by atoms with Gasteiger partial charge in [-0.1, -0.05) is 40.0 Å². The van der Waals surface area contributed by atoms with Crippen LogP contribution >= 0.6 is 0 Å². The molecule has 1 atom stereocenters. The van der Waals surface area contributed by atoms with Crippen LogP contribution in [0.5, 0.6) is 0 Å². The van der Waals surface area contributed by atoms with E-state index in [2.05, 4.69) is 49.6 Å². The lowest BCUT2D eigenvalue weighted by molar-refractivity contribution is 0.0342. The zero-order chi connectivity index (χ0) is 14.8. The molecule has 2 rings (SSSR count). The second-order valence-electron chi connectivity index (χ2n) is 7.68. The summed E-state index contributed by atoms with van der Waals surface area (Å²) in [6.07, 6.45) is 12.7. The van der Waals surface area contributed by atoms with E-state index < -0.39 is 8.32 Å². The van der Waals surface area contributed by atoms with E-state index in [9.17, 15) is 0 Å². The lowest BCUT2D eigenvalue weighted by Gasteiger charge is -2.42. The third kappa shape index (κ3) is 3.53. The lowest BCUT2D eigenvalue weighted by atomic mass is 9.88. The zero-order valence-corrected chi connectivity index (χ0v) is 14.7. The van der Waals surface area contributed by atoms with E-state index in [4.69, 9.17) is 4.43 Å². The van der Waals surface area contributed by atoms with Gasteiger partial charge in [0.1, 0.15) is 6.23 Å². The first kappa shape index (κ1) is 15.8. The second kappa shape index (κ2) is 6.02. The maximum atomic E-state index is 6.75. The van der Waals surface area contributed by atoms with E-state index in [1.54, 1.807) is 0 Å². The van der Waals surface area contributed by atoms with Crippen molar-refractivity contribution in [2.24, 2.45) is 5.92 Å². The van der Waals surface area contributed by atoms with Gasteiger partial charge >= 0.3 is 0 Å². The quantitative estimate of drug-likeness (QED) is 0.732. The largest absolute Gasteiger partial charge is 0.396 e. The molecule has 0 radical (unpaired) electrons. The Morgan fingerprint density at radius 3 is 2.35 bits per heavy atom. The van der Waals surface area contributed by atoms with Gasteiger partial charge in [0, 0.05) is 18.3 Å². The average Bonchev–Trinajstić information content (AvgIpc) is 2.89. The van der Waals surface area contributed by atoms with E-state index in [0.717, 1.165) is 0 Å². The summed E-state index contributed by atoms with van der Waals surface area (Å²) < 4.78 is 8.94. The Balaban J connectivity index is 2.19. The van der Waals surface area contributed by atoms with Crippen LogP contribution in [0.1, 0.15) is 59.1 Å². The summed E-state index contributed by atoms with van der Waals surface area (Å²) in [5.74, 6) is 0.645. The fourth-order valence-electron chi connectivity index (χ4n) is 2.72. The first-order valence-corrected chi connectivity index (χ1v) is 10.9. The van der Waals surface area contributed by atoms with Gasteiger partial charge in [0.25, 0.3) is 0 Å². The molecule has 1 unspecified atom stereocenters. The fourth-order valence-corrected chi connectivity index (χ4v) is 3.99. The highest BCUT2D eigenvalue weighted by molar-refractivity contribution is 6.74. The van der Waals surface area contributed by atoms with E-state index in [1.165, 1.54) is 32.1 Å². The molecule has 4 heteroatoms. The first-order chi connectivity index (χ1) is 9.31. The summed E-state index contributed by atoms with van der Waals surface area (Å²) >= 11 is 0. The van der Waals surface area contributed by atoms with Crippen molar-refractivity contribution >= 4 is 8.32 Å². The van der Waals surface area contributed by atoms with Crippen molar-refractivity contribution < 1.29 is 4.43 Å². The standard InChI is InChI=1S/C16H30N2OSi/c1-16(2,3)20(4,5)19-15(18-12-11-17-13-18)14-9-7-6-8-10-14/h11-15H,6-10H2,1-5H3. The second-order valence-corrected chi connectivity index (χ2v) is 12.4. The maximum Gasteiger partial charge on any atom is 0.194 e. The number of imidazole rings is 1. The number of hydrogen-bond acceptors (Lipinski definition) is 2. The summed E-state index contributed by atoms with van der Waals surface area (Å²) in [5.41, 5.74) is 0. The summed E-state index contributed by atoms with van der Waals surface area (Å²) in [4.78, 5) is 4.23. The predicted octanol–water partition coefficient (Wildman–Crippen LogP) is 4.98. The highest BCUT2D eigenvalue weighted by Crippen LogP contribution is 2.42. The Kier molecular flexibility index (Phi) is 4.75. The van der Waals surface area contributed by atoms with Gasteiger partial charge in [-0.2, -0.15) is 0 Å². The smallest absolute Gasteiger partial charge is 0.194 e. The van der Waals surface area contributed by atoms with Gasteiger partial charge in [0.2, 0.25) is 0 Å². The van der Waals surface area contributed by atoms with Crippen molar-refractivity contribution in [1.29, 1.82) is 0 Å². The van der Waals surface area contributed by atoms with Crippen molar-refractivity contribution in [2.45, 2.75) is 77.2 Å². The molecule has 20 heavy (non-hydrogen) atoms. The average molecular weight is 295 g/mol. The van der Waals surface area contributed by atoms with Crippen molar-refractivity contribution in [3.8, 4) is 0 Å². The Bertz CT molecular complexity index is 403.